The van der Waals surface area contributed by atoms with Crippen LogP contribution in [0.15, 0.2) is 41.4 Å². The quantitative estimate of drug-likeness (QED) is 0.649. The molecule has 0 saturated heterocycles. The monoisotopic (exact) mass is 275 g/mol. The molecule has 0 spiro atoms. The third-order valence-corrected chi connectivity index (χ3v) is 3.57. The normalized spacial score (nSPS) is 12.2. The fraction of sp³-hybridized carbons (Fsp3) is 0.286. The van der Waals surface area contributed by atoms with Gasteiger partial charge in [-0.25, -0.2) is 9.97 Å². The van der Waals surface area contributed by atoms with Crippen LogP contribution >= 0.6 is 11.8 Å². The second kappa shape index (κ2) is 6.54. The van der Waals surface area contributed by atoms with Gasteiger partial charge in [0.05, 0.1) is 6.61 Å². The van der Waals surface area contributed by atoms with Gasteiger partial charge in [0.2, 0.25) is 0 Å². The third kappa shape index (κ3) is 3.68. The van der Waals surface area contributed by atoms with Crippen molar-refractivity contribution >= 4 is 17.6 Å². The Kier molecular flexibility index (Phi) is 4.76. The van der Waals surface area contributed by atoms with E-state index in [2.05, 4.69) is 15.3 Å². The lowest BCUT2D eigenvalue weighted by atomic mass is 10.2. The van der Waals surface area contributed by atoms with Gasteiger partial charge in [0.25, 0.3) is 0 Å². The number of nitrogens with one attached hydrogen (secondary N) is 1. The highest BCUT2D eigenvalue weighted by molar-refractivity contribution is 7.99. The lowest BCUT2D eigenvalue weighted by Gasteiger charge is -2.10. The minimum absolute atomic E-state index is 0.114. The van der Waals surface area contributed by atoms with Gasteiger partial charge in [-0.2, -0.15) is 0 Å². The fourth-order valence-corrected chi connectivity index (χ4v) is 2.38. The number of anilines is 1. The zero-order chi connectivity index (χ0) is 13.7. The van der Waals surface area contributed by atoms with Crippen molar-refractivity contribution in [2.24, 2.45) is 0 Å². The van der Waals surface area contributed by atoms with Gasteiger partial charge in [0.15, 0.2) is 5.82 Å². The summed E-state index contributed by atoms with van der Waals surface area (Å²) in [7, 11) is 1.83. The summed E-state index contributed by atoms with van der Waals surface area (Å²) in [4.78, 5) is 9.00. The highest BCUT2D eigenvalue weighted by Crippen LogP contribution is 2.26. The first-order valence-electron chi connectivity index (χ1n) is 6.12. The number of rotatable bonds is 5. The van der Waals surface area contributed by atoms with E-state index in [0.29, 0.717) is 5.82 Å². The first-order valence-corrected chi connectivity index (χ1v) is 7.00. The van der Waals surface area contributed by atoms with Gasteiger partial charge in [-0.05, 0) is 0 Å². The molecule has 0 radical (unpaired) electrons. The average Bonchev–Trinajstić information content (AvgIpc) is 2.47. The van der Waals surface area contributed by atoms with Gasteiger partial charge >= 0.3 is 0 Å². The first kappa shape index (κ1) is 13.8. The van der Waals surface area contributed by atoms with Crippen molar-refractivity contribution in [1.29, 1.82) is 0 Å². The number of hydrogen-bond acceptors (Lipinski definition) is 5. The molecule has 0 amide bonds. The molecule has 4 nitrogen and oxygen atoms in total. The van der Waals surface area contributed by atoms with E-state index in [9.17, 15) is 0 Å². The Morgan fingerprint density at radius 1 is 1.26 bits per heavy atom. The lowest BCUT2D eigenvalue weighted by molar-refractivity contribution is 0.300. The predicted molar refractivity (Wildman–Crippen MR) is 79.4 cm³/mol. The summed E-state index contributed by atoms with van der Waals surface area (Å²) in [5.74, 6) is 1.47. The maximum atomic E-state index is 9.13. The van der Waals surface area contributed by atoms with Gasteiger partial charge in [-0.3, -0.25) is 0 Å². The van der Waals surface area contributed by atoms with Crippen molar-refractivity contribution in [3.63, 3.8) is 0 Å². The molecule has 1 unspecified atom stereocenters. The Labute approximate surface area is 117 Å². The van der Waals surface area contributed by atoms with Crippen molar-refractivity contribution < 1.29 is 5.11 Å². The molecule has 100 valence electrons. The Bertz CT molecular complexity index is 533. The lowest BCUT2D eigenvalue weighted by Crippen LogP contribution is -2.04. The van der Waals surface area contributed by atoms with Crippen LogP contribution in [-0.2, 0) is 0 Å². The van der Waals surface area contributed by atoms with Gasteiger partial charge in [-0.1, -0.05) is 37.3 Å². The van der Waals surface area contributed by atoms with E-state index in [1.54, 1.807) is 11.8 Å². The molecule has 2 N–H and O–H groups in total. The van der Waals surface area contributed by atoms with Gasteiger partial charge in [0.1, 0.15) is 10.8 Å². The molecule has 0 aliphatic heterocycles. The summed E-state index contributed by atoms with van der Waals surface area (Å²) >= 11 is 1.54. The SMILES string of the molecule is CNc1cc(SC(C)CO)nc(-c2ccccc2)n1. The van der Waals surface area contributed by atoms with Crippen LogP contribution in [0.4, 0.5) is 5.82 Å². The minimum atomic E-state index is 0.114. The molecule has 1 aromatic carbocycles. The van der Waals surface area contributed by atoms with Gasteiger partial charge < -0.3 is 10.4 Å². The second-order valence-electron chi connectivity index (χ2n) is 4.14. The van der Waals surface area contributed by atoms with E-state index in [1.807, 2.05) is 50.4 Å². The van der Waals surface area contributed by atoms with Crippen molar-refractivity contribution in [3.8, 4) is 11.4 Å². The molecule has 0 saturated carbocycles. The molecule has 1 atom stereocenters. The standard InChI is InChI=1S/C14H17N3OS/c1-10(9-18)19-13-8-12(15-2)16-14(17-13)11-6-4-3-5-7-11/h3-8,10,18H,9H2,1-2H3,(H,15,16,17). The topological polar surface area (TPSA) is 58.0 Å². The molecule has 2 rings (SSSR count). The van der Waals surface area contributed by atoms with Crippen molar-refractivity contribution in [2.75, 3.05) is 19.0 Å². The number of aromatic nitrogens is 2. The summed E-state index contributed by atoms with van der Waals surface area (Å²) < 4.78 is 0. The molecule has 0 aliphatic carbocycles. The molecule has 1 aromatic heterocycles. The molecular weight excluding hydrogens is 258 g/mol. The smallest absolute Gasteiger partial charge is 0.162 e. The van der Waals surface area contributed by atoms with Crippen LogP contribution < -0.4 is 5.32 Å². The maximum Gasteiger partial charge on any atom is 0.162 e. The molecule has 0 aliphatic rings. The van der Waals surface area contributed by atoms with Crippen LogP contribution in [-0.4, -0.2) is 34.0 Å². The number of aliphatic hydroxyl groups excluding tert-OH is 1. The Morgan fingerprint density at radius 3 is 2.63 bits per heavy atom. The summed E-state index contributed by atoms with van der Waals surface area (Å²) in [6.07, 6.45) is 0. The molecular formula is C14H17N3OS. The minimum Gasteiger partial charge on any atom is -0.395 e. The maximum absolute atomic E-state index is 9.13. The molecule has 0 fully saturated rings. The van der Waals surface area contributed by atoms with E-state index >= 15 is 0 Å². The summed E-state index contributed by atoms with van der Waals surface area (Å²) in [5.41, 5.74) is 0.984. The van der Waals surface area contributed by atoms with Gasteiger partial charge in [-0.15, -0.1) is 11.8 Å². The molecule has 5 heteroatoms. The Hall–Kier alpha value is -1.59. The predicted octanol–water partition coefficient (Wildman–Crippen LogP) is 2.66. The van der Waals surface area contributed by atoms with Crippen molar-refractivity contribution in [3.05, 3.63) is 36.4 Å². The van der Waals surface area contributed by atoms with Crippen LogP contribution in [0.1, 0.15) is 6.92 Å². The third-order valence-electron chi connectivity index (χ3n) is 2.57. The second-order valence-corrected chi connectivity index (χ2v) is 5.60. The van der Waals surface area contributed by atoms with Crippen LogP contribution in [0.25, 0.3) is 11.4 Å². The average molecular weight is 275 g/mol. The van der Waals surface area contributed by atoms with E-state index < -0.39 is 0 Å². The zero-order valence-electron chi connectivity index (χ0n) is 11.0. The summed E-state index contributed by atoms with van der Waals surface area (Å²) in [5, 5.41) is 13.1. The number of aliphatic hydroxyl groups is 1. The number of thioether (sulfide) groups is 1. The van der Waals surface area contributed by atoms with Crippen LogP contribution in [0, 0.1) is 0 Å². The van der Waals surface area contributed by atoms with Crippen LogP contribution in [0.3, 0.4) is 0 Å². The largest absolute Gasteiger partial charge is 0.395 e. The number of benzene rings is 1. The van der Waals surface area contributed by atoms with Crippen LogP contribution in [0.5, 0.6) is 0 Å². The van der Waals surface area contributed by atoms with Crippen LogP contribution in [0.2, 0.25) is 0 Å². The van der Waals surface area contributed by atoms with Crippen molar-refractivity contribution in [1.82, 2.24) is 9.97 Å². The van der Waals surface area contributed by atoms with Crippen molar-refractivity contribution in [2.45, 2.75) is 17.2 Å². The highest BCUT2D eigenvalue weighted by atomic mass is 32.2. The molecule has 0 bridgehead atoms. The van der Waals surface area contributed by atoms with Gasteiger partial charge in [0, 0.05) is 23.9 Å². The van der Waals surface area contributed by atoms with E-state index in [4.69, 9.17) is 5.11 Å². The molecule has 2 aromatic rings. The number of nitrogens with zero attached hydrogens (tertiary/aromatic N) is 2. The fourth-order valence-electron chi connectivity index (χ4n) is 1.57. The Balaban J connectivity index is 2.36. The van der Waals surface area contributed by atoms with E-state index in [0.717, 1.165) is 16.4 Å². The summed E-state index contributed by atoms with van der Waals surface area (Å²) in [6, 6.07) is 11.8. The zero-order valence-corrected chi connectivity index (χ0v) is 11.8. The summed E-state index contributed by atoms with van der Waals surface area (Å²) in [6.45, 7) is 2.10. The highest BCUT2D eigenvalue weighted by Gasteiger charge is 2.09. The Morgan fingerprint density at radius 2 is 2.00 bits per heavy atom. The van der Waals surface area contributed by atoms with E-state index in [-0.39, 0.29) is 11.9 Å². The first-order chi connectivity index (χ1) is 9.22. The number of hydrogen-bond donors (Lipinski definition) is 2. The van der Waals surface area contributed by atoms with E-state index in [1.165, 1.54) is 0 Å². The molecule has 1 heterocycles. The molecule has 19 heavy (non-hydrogen) atoms.